The van der Waals surface area contributed by atoms with E-state index in [-0.39, 0.29) is 17.7 Å². The number of carbonyl (C=O) groups excluding carboxylic acids is 1. The Kier molecular flexibility index (Phi) is 5.42. The zero-order chi connectivity index (χ0) is 13.6. The van der Waals surface area contributed by atoms with Crippen LogP contribution in [0.25, 0.3) is 0 Å². The van der Waals surface area contributed by atoms with Crippen molar-refractivity contribution in [1.29, 1.82) is 0 Å². The molecule has 0 saturated carbocycles. The number of benzene rings is 1. The minimum Gasteiger partial charge on any atom is -0.493 e. The van der Waals surface area contributed by atoms with Crippen molar-refractivity contribution in [3.05, 3.63) is 24.3 Å². The molecule has 0 aliphatic carbocycles. The van der Waals surface area contributed by atoms with Crippen molar-refractivity contribution >= 4 is 37.5 Å². The number of carbonyl (C=O) groups is 1. The van der Waals surface area contributed by atoms with Crippen LogP contribution in [0.15, 0.2) is 24.3 Å². The molecule has 0 spiro atoms. The quantitative estimate of drug-likeness (QED) is 0.726. The highest BCUT2D eigenvalue weighted by Crippen LogP contribution is 2.17. The van der Waals surface area contributed by atoms with Crippen molar-refractivity contribution in [2.45, 2.75) is 6.42 Å². The number of rotatable bonds is 7. The van der Waals surface area contributed by atoms with E-state index in [0.29, 0.717) is 11.4 Å². The van der Waals surface area contributed by atoms with E-state index in [0.717, 1.165) is 0 Å². The molecular formula is C10H13BrN2O4S. The summed E-state index contributed by atoms with van der Waals surface area (Å²) < 4.78 is 30.0. The summed E-state index contributed by atoms with van der Waals surface area (Å²) >= 11 is 2.87. The molecule has 6 nitrogen and oxygen atoms in total. The first-order valence-corrected chi connectivity index (χ1v) is 7.78. The lowest BCUT2D eigenvalue weighted by Gasteiger charge is -2.07. The minimum absolute atomic E-state index is 0.137. The maximum atomic E-state index is 11.3. The van der Waals surface area contributed by atoms with Gasteiger partial charge in [-0.05, 0) is 24.3 Å². The highest BCUT2D eigenvalue weighted by molar-refractivity contribution is 9.10. The van der Waals surface area contributed by atoms with Crippen LogP contribution in [0.5, 0.6) is 5.75 Å². The molecular weight excluding hydrogens is 324 g/mol. The lowest BCUT2D eigenvalue weighted by atomic mass is 10.3. The second-order valence-corrected chi connectivity index (χ2v) is 6.44. The molecule has 1 rings (SSSR count). The topological polar surface area (TPSA) is 98.5 Å². The van der Waals surface area contributed by atoms with Crippen LogP contribution in [0, 0.1) is 0 Å². The number of alkyl halides is 1. The van der Waals surface area contributed by atoms with Gasteiger partial charge in [0, 0.05) is 5.69 Å². The van der Waals surface area contributed by atoms with E-state index in [1.807, 2.05) is 0 Å². The number of ether oxygens (including phenoxy) is 1. The first-order chi connectivity index (χ1) is 8.43. The van der Waals surface area contributed by atoms with Crippen molar-refractivity contribution in [2.24, 2.45) is 5.73 Å². The van der Waals surface area contributed by atoms with Crippen LogP contribution < -0.4 is 15.2 Å². The van der Waals surface area contributed by atoms with Crippen LogP contribution in [0.2, 0.25) is 0 Å². The zero-order valence-corrected chi connectivity index (χ0v) is 11.8. The van der Waals surface area contributed by atoms with Gasteiger partial charge in [0.15, 0.2) is 0 Å². The number of hydrogen-bond donors (Lipinski definition) is 2. The lowest BCUT2D eigenvalue weighted by Crippen LogP contribution is -2.14. The zero-order valence-electron chi connectivity index (χ0n) is 9.43. The van der Waals surface area contributed by atoms with Gasteiger partial charge in [-0.15, -0.1) is 0 Å². The third-order valence-electron chi connectivity index (χ3n) is 1.89. The van der Waals surface area contributed by atoms with Gasteiger partial charge in [0.1, 0.15) is 10.4 Å². The summed E-state index contributed by atoms with van der Waals surface area (Å²) in [5.41, 5.74) is 5.41. The Bertz CT molecular complexity index is 501. The fourth-order valence-electron chi connectivity index (χ4n) is 1.10. The number of hydrogen-bond acceptors (Lipinski definition) is 4. The Balaban J connectivity index is 2.55. The largest absolute Gasteiger partial charge is 0.493 e. The summed E-state index contributed by atoms with van der Waals surface area (Å²) in [5.74, 6) is 0.106. The summed E-state index contributed by atoms with van der Waals surface area (Å²) in [4.78, 5) is 10.5. The highest BCUT2D eigenvalue weighted by Gasteiger charge is 2.07. The van der Waals surface area contributed by atoms with Gasteiger partial charge in [-0.1, -0.05) is 15.9 Å². The molecule has 0 heterocycles. The van der Waals surface area contributed by atoms with Crippen LogP contribution in [-0.2, 0) is 14.8 Å². The van der Waals surface area contributed by atoms with Gasteiger partial charge >= 0.3 is 0 Å². The third kappa shape index (κ3) is 5.37. The molecule has 0 fully saturated rings. The first kappa shape index (κ1) is 14.8. The lowest BCUT2D eigenvalue weighted by molar-refractivity contribution is -0.118. The maximum absolute atomic E-state index is 11.3. The average Bonchev–Trinajstić information content (AvgIpc) is 2.31. The van der Waals surface area contributed by atoms with Gasteiger partial charge in [-0.3, -0.25) is 9.52 Å². The number of amides is 1. The van der Waals surface area contributed by atoms with Crippen LogP contribution in [0.4, 0.5) is 5.69 Å². The van der Waals surface area contributed by atoms with Crippen molar-refractivity contribution < 1.29 is 17.9 Å². The molecule has 1 aromatic rings. The third-order valence-corrected chi connectivity index (χ3v) is 4.53. The van der Waals surface area contributed by atoms with Gasteiger partial charge in [0.05, 0.1) is 13.0 Å². The summed E-state index contributed by atoms with van der Waals surface area (Å²) in [6.45, 7) is 0.196. The molecule has 0 unspecified atom stereocenters. The van der Waals surface area contributed by atoms with Crippen LogP contribution in [-0.4, -0.2) is 25.6 Å². The molecule has 100 valence electrons. The summed E-state index contributed by atoms with van der Waals surface area (Å²) in [6, 6.07) is 6.35. The number of nitrogens with one attached hydrogen (secondary N) is 1. The fraction of sp³-hybridized carbons (Fsp3) is 0.300. The van der Waals surface area contributed by atoms with Gasteiger partial charge in [-0.2, -0.15) is 0 Å². The number of primary amides is 1. The van der Waals surface area contributed by atoms with Crippen LogP contribution in [0.3, 0.4) is 0 Å². The van der Waals surface area contributed by atoms with Crippen molar-refractivity contribution in [3.8, 4) is 5.75 Å². The summed E-state index contributed by atoms with van der Waals surface area (Å²) in [5, 5.41) is 0. The molecule has 0 aliphatic heterocycles. The molecule has 0 atom stereocenters. The molecule has 0 aromatic heterocycles. The molecule has 0 aliphatic rings. The normalized spacial score (nSPS) is 10.9. The molecule has 1 aromatic carbocycles. The van der Waals surface area contributed by atoms with E-state index >= 15 is 0 Å². The number of anilines is 1. The average molecular weight is 337 g/mol. The predicted octanol–water partition coefficient (Wildman–Crippen LogP) is 1.03. The standard InChI is InChI=1S/C10H13BrN2O4S/c11-7-18(15,16)13-8-1-3-9(4-2-8)17-6-5-10(12)14/h1-4,13H,5-7H2,(H2,12,14). The second-order valence-electron chi connectivity index (χ2n) is 3.42. The Labute approximate surface area is 114 Å². The van der Waals surface area contributed by atoms with Crippen molar-refractivity contribution in [2.75, 3.05) is 16.0 Å². The van der Waals surface area contributed by atoms with E-state index < -0.39 is 15.9 Å². The van der Waals surface area contributed by atoms with Crippen molar-refractivity contribution in [1.82, 2.24) is 0 Å². The minimum atomic E-state index is -3.35. The smallest absolute Gasteiger partial charge is 0.242 e. The number of sulfonamides is 1. The Morgan fingerprint density at radius 2 is 1.94 bits per heavy atom. The van der Waals surface area contributed by atoms with Crippen LogP contribution in [0.1, 0.15) is 6.42 Å². The Morgan fingerprint density at radius 3 is 2.44 bits per heavy atom. The van der Waals surface area contributed by atoms with Gasteiger partial charge in [0.2, 0.25) is 15.9 Å². The molecule has 0 saturated heterocycles. The van der Waals surface area contributed by atoms with E-state index in [1.165, 1.54) is 0 Å². The highest BCUT2D eigenvalue weighted by atomic mass is 79.9. The predicted molar refractivity (Wildman–Crippen MR) is 72.1 cm³/mol. The van der Waals surface area contributed by atoms with Gasteiger partial charge < -0.3 is 10.5 Å². The number of halogens is 1. The number of nitrogens with two attached hydrogens (primary N) is 1. The van der Waals surface area contributed by atoms with E-state index in [9.17, 15) is 13.2 Å². The molecule has 0 bridgehead atoms. The molecule has 0 radical (unpaired) electrons. The first-order valence-electron chi connectivity index (χ1n) is 5.00. The van der Waals surface area contributed by atoms with E-state index in [4.69, 9.17) is 10.5 Å². The SMILES string of the molecule is NC(=O)CCOc1ccc(NS(=O)(=O)CBr)cc1. The monoisotopic (exact) mass is 336 g/mol. The van der Waals surface area contributed by atoms with Crippen LogP contribution >= 0.6 is 15.9 Å². The molecule has 1 amide bonds. The Hall–Kier alpha value is -1.28. The Morgan fingerprint density at radius 1 is 1.33 bits per heavy atom. The second kappa shape index (κ2) is 6.60. The molecule has 8 heteroatoms. The van der Waals surface area contributed by atoms with E-state index in [2.05, 4.69) is 20.7 Å². The van der Waals surface area contributed by atoms with Gasteiger partial charge in [0.25, 0.3) is 0 Å². The summed E-state index contributed by atoms with van der Waals surface area (Å²) in [7, 11) is -3.35. The molecule has 18 heavy (non-hydrogen) atoms. The molecule has 3 N–H and O–H groups in total. The van der Waals surface area contributed by atoms with E-state index in [1.54, 1.807) is 24.3 Å². The summed E-state index contributed by atoms with van der Waals surface area (Å²) in [6.07, 6.45) is 0.137. The fourth-order valence-corrected chi connectivity index (χ4v) is 1.99. The van der Waals surface area contributed by atoms with Gasteiger partial charge in [-0.25, -0.2) is 8.42 Å². The van der Waals surface area contributed by atoms with Crippen molar-refractivity contribution in [3.63, 3.8) is 0 Å². The maximum Gasteiger partial charge on any atom is 0.242 e.